The third-order valence-corrected chi connectivity index (χ3v) is 4.44. The Morgan fingerprint density at radius 3 is 2.78 bits per heavy atom. The highest BCUT2D eigenvalue weighted by Gasteiger charge is 2.20. The molecule has 0 aromatic carbocycles. The fourth-order valence-electron chi connectivity index (χ4n) is 2.10. The summed E-state index contributed by atoms with van der Waals surface area (Å²) in [7, 11) is 0. The van der Waals surface area contributed by atoms with Crippen molar-refractivity contribution in [3.05, 3.63) is 16.1 Å². The van der Waals surface area contributed by atoms with Gasteiger partial charge in [0.15, 0.2) is 0 Å². The van der Waals surface area contributed by atoms with E-state index >= 15 is 0 Å². The molecule has 0 spiro atoms. The Labute approximate surface area is 120 Å². The Hall–Kier alpha value is -0.160. The molecule has 0 saturated carbocycles. The molecule has 2 rings (SSSR count). The van der Waals surface area contributed by atoms with E-state index in [0.717, 1.165) is 26.2 Å². The van der Waals surface area contributed by atoms with Crippen molar-refractivity contribution in [1.82, 2.24) is 15.2 Å². The monoisotopic (exact) mass is 289 g/mol. The zero-order chi connectivity index (χ0) is 12.5. The van der Waals surface area contributed by atoms with Crippen molar-refractivity contribution in [3.63, 3.8) is 0 Å². The molecule has 0 radical (unpaired) electrons. The second kappa shape index (κ2) is 6.33. The highest BCUT2D eigenvalue weighted by Crippen LogP contribution is 2.27. The summed E-state index contributed by atoms with van der Waals surface area (Å²) in [6.07, 6.45) is 2.05. The smallest absolute Gasteiger partial charge is 0.0981 e. The van der Waals surface area contributed by atoms with Crippen molar-refractivity contribution in [2.75, 3.05) is 19.6 Å². The van der Waals surface area contributed by atoms with Crippen molar-refractivity contribution in [2.24, 2.45) is 0 Å². The van der Waals surface area contributed by atoms with Crippen molar-refractivity contribution in [3.8, 4) is 0 Å². The third-order valence-electron chi connectivity index (χ3n) is 3.03. The molecule has 1 N–H and O–H groups in total. The fraction of sp³-hybridized carbons (Fsp3) is 0.769. The van der Waals surface area contributed by atoms with Gasteiger partial charge in [-0.3, -0.25) is 4.90 Å². The summed E-state index contributed by atoms with van der Waals surface area (Å²) in [4.78, 5) is 8.46. The lowest BCUT2D eigenvalue weighted by molar-refractivity contribution is 0.201. The molecule has 3 nitrogen and oxygen atoms in total. The van der Waals surface area contributed by atoms with Crippen LogP contribution in [0.15, 0.2) is 6.20 Å². The predicted octanol–water partition coefficient (Wildman–Crippen LogP) is 2.66. The minimum atomic E-state index is 0. The molecule has 104 valence electrons. The van der Waals surface area contributed by atoms with E-state index in [1.807, 2.05) is 11.3 Å². The van der Waals surface area contributed by atoms with Gasteiger partial charge >= 0.3 is 0 Å². The lowest BCUT2D eigenvalue weighted by Crippen LogP contribution is -2.48. The SMILES string of the molecule is CC1CN(Cc2cnc(C(C)(C)C)s2)CCN1.Cl. The molecule has 1 aliphatic rings. The van der Waals surface area contributed by atoms with Gasteiger partial charge in [0.25, 0.3) is 0 Å². The van der Waals surface area contributed by atoms with Crippen LogP contribution in [0.4, 0.5) is 0 Å². The van der Waals surface area contributed by atoms with Gasteiger partial charge < -0.3 is 5.32 Å². The van der Waals surface area contributed by atoms with E-state index in [1.165, 1.54) is 9.88 Å². The van der Waals surface area contributed by atoms with Gasteiger partial charge in [-0.25, -0.2) is 4.98 Å². The van der Waals surface area contributed by atoms with Crippen molar-refractivity contribution >= 4 is 23.7 Å². The second-order valence-corrected chi connectivity index (χ2v) is 7.09. The standard InChI is InChI=1S/C13H23N3S.ClH/c1-10-8-16(6-5-14-10)9-11-7-15-12(17-11)13(2,3)4;/h7,10,14H,5-6,8-9H2,1-4H3;1H. The Kier molecular flexibility index (Phi) is 5.59. The van der Waals surface area contributed by atoms with E-state index < -0.39 is 0 Å². The van der Waals surface area contributed by atoms with Gasteiger partial charge in [-0.2, -0.15) is 0 Å². The van der Waals surface area contributed by atoms with Gasteiger partial charge in [0.05, 0.1) is 5.01 Å². The molecule has 1 aromatic heterocycles. The molecule has 1 fully saturated rings. The van der Waals surface area contributed by atoms with Gasteiger partial charge in [0.2, 0.25) is 0 Å². The third kappa shape index (κ3) is 4.19. The minimum absolute atomic E-state index is 0. The summed E-state index contributed by atoms with van der Waals surface area (Å²) in [5.41, 5.74) is 0.180. The quantitative estimate of drug-likeness (QED) is 0.907. The summed E-state index contributed by atoms with van der Waals surface area (Å²) in [5, 5.41) is 4.72. The number of nitrogens with one attached hydrogen (secondary N) is 1. The Morgan fingerprint density at radius 1 is 1.50 bits per heavy atom. The van der Waals surface area contributed by atoms with Gasteiger partial charge in [-0.05, 0) is 6.92 Å². The van der Waals surface area contributed by atoms with E-state index in [9.17, 15) is 0 Å². The molecule has 1 atom stereocenters. The molecule has 0 amide bonds. The van der Waals surface area contributed by atoms with Gasteiger partial charge in [0, 0.05) is 48.7 Å². The zero-order valence-electron chi connectivity index (χ0n) is 11.7. The Balaban J connectivity index is 0.00000162. The predicted molar refractivity (Wildman–Crippen MR) is 80.8 cm³/mol. The average Bonchev–Trinajstić information content (AvgIpc) is 2.65. The molecular formula is C13H24ClN3S. The summed E-state index contributed by atoms with van der Waals surface area (Å²) in [6.45, 7) is 13.4. The number of nitrogens with zero attached hydrogens (tertiary/aromatic N) is 2. The first-order chi connectivity index (χ1) is 7.95. The molecule has 0 aliphatic carbocycles. The fourth-order valence-corrected chi connectivity index (χ4v) is 3.12. The van der Waals surface area contributed by atoms with Gasteiger partial charge in [-0.1, -0.05) is 20.8 Å². The molecule has 1 aliphatic heterocycles. The number of rotatable bonds is 2. The summed E-state index contributed by atoms with van der Waals surface area (Å²) >= 11 is 1.86. The van der Waals surface area contributed by atoms with E-state index in [1.54, 1.807) is 0 Å². The molecule has 0 bridgehead atoms. The summed E-state index contributed by atoms with van der Waals surface area (Å²) in [5.74, 6) is 0. The van der Waals surface area contributed by atoms with Crippen molar-refractivity contribution in [1.29, 1.82) is 0 Å². The van der Waals surface area contributed by atoms with Crippen LogP contribution in [0.2, 0.25) is 0 Å². The first-order valence-corrected chi connectivity index (χ1v) is 7.18. The number of halogens is 1. The molecule has 1 aromatic rings. The van der Waals surface area contributed by atoms with E-state index in [0.29, 0.717) is 6.04 Å². The highest BCUT2D eigenvalue weighted by molar-refractivity contribution is 7.11. The maximum absolute atomic E-state index is 4.55. The van der Waals surface area contributed by atoms with Gasteiger partial charge in [-0.15, -0.1) is 23.7 Å². The Bertz CT molecular complexity index is 373. The number of hydrogen-bond acceptors (Lipinski definition) is 4. The largest absolute Gasteiger partial charge is 0.312 e. The molecule has 5 heteroatoms. The maximum Gasteiger partial charge on any atom is 0.0981 e. The van der Waals surface area contributed by atoms with E-state index in [-0.39, 0.29) is 17.8 Å². The van der Waals surface area contributed by atoms with Crippen LogP contribution in [0.3, 0.4) is 0 Å². The molecule has 2 heterocycles. The van der Waals surface area contributed by atoms with Crippen LogP contribution < -0.4 is 5.32 Å². The lowest BCUT2D eigenvalue weighted by atomic mass is 9.98. The molecule has 18 heavy (non-hydrogen) atoms. The van der Waals surface area contributed by atoms with E-state index in [2.05, 4.69) is 49.1 Å². The molecular weight excluding hydrogens is 266 g/mol. The van der Waals surface area contributed by atoms with Crippen LogP contribution in [0, 0.1) is 0 Å². The zero-order valence-corrected chi connectivity index (χ0v) is 13.3. The maximum atomic E-state index is 4.55. The van der Waals surface area contributed by atoms with Crippen LogP contribution in [-0.2, 0) is 12.0 Å². The number of aromatic nitrogens is 1. The van der Waals surface area contributed by atoms with Crippen LogP contribution in [0.25, 0.3) is 0 Å². The van der Waals surface area contributed by atoms with Gasteiger partial charge in [0.1, 0.15) is 0 Å². The summed E-state index contributed by atoms with van der Waals surface area (Å²) < 4.78 is 0. The van der Waals surface area contributed by atoms with Crippen molar-refractivity contribution in [2.45, 2.75) is 45.7 Å². The van der Waals surface area contributed by atoms with Crippen LogP contribution in [0.5, 0.6) is 0 Å². The van der Waals surface area contributed by atoms with E-state index in [4.69, 9.17) is 0 Å². The number of piperazine rings is 1. The minimum Gasteiger partial charge on any atom is -0.312 e. The van der Waals surface area contributed by atoms with Crippen LogP contribution in [0.1, 0.15) is 37.6 Å². The molecule has 1 unspecified atom stereocenters. The average molecular weight is 290 g/mol. The first kappa shape index (κ1) is 15.9. The summed E-state index contributed by atoms with van der Waals surface area (Å²) in [6, 6.07) is 0.610. The topological polar surface area (TPSA) is 28.2 Å². The lowest BCUT2D eigenvalue weighted by Gasteiger charge is -2.31. The first-order valence-electron chi connectivity index (χ1n) is 6.36. The second-order valence-electron chi connectivity index (χ2n) is 5.97. The highest BCUT2D eigenvalue weighted by atomic mass is 35.5. The number of hydrogen-bond donors (Lipinski definition) is 1. The van der Waals surface area contributed by atoms with Crippen LogP contribution in [-0.4, -0.2) is 35.6 Å². The molecule has 1 saturated heterocycles. The number of thiazole rings is 1. The van der Waals surface area contributed by atoms with Crippen LogP contribution >= 0.6 is 23.7 Å². The Morgan fingerprint density at radius 2 is 2.22 bits per heavy atom. The normalized spacial score (nSPS) is 21.7. The van der Waals surface area contributed by atoms with Crippen molar-refractivity contribution < 1.29 is 0 Å².